The fourth-order valence-electron chi connectivity index (χ4n) is 1.90. The lowest BCUT2D eigenvalue weighted by Gasteiger charge is -1.97. The standard InChI is InChI=1S/C11H9N/c1-2-4-10-8(3-1)7-9-5-6-11(10)12-9/h1-4,7H,5-6H2. The fraction of sp³-hybridized carbons (Fsp3) is 0.182. The third kappa shape index (κ3) is 0.708. The molecular weight excluding hydrogens is 146 g/mol. The lowest BCUT2D eigenvalue weighted by Crippen LogP contribution is -1.82. The van der Waals surface area contributed by atoms with Gasteiger partial charge in [-0.05, 0) is 24.3 Å². The van der Waals surface area contributed by atoms with E-state index in [0.29, 0.717) is 0 Å². The minimum atomic E-state index is 1.13. The lowest BCUT2D eigenvalue weighted by atomic mass is 10.1. The van der Waals surface area contributed by atoms with E-state index in [1.807, 2.05) is 0 Å². The van der Waals surface area contributed by atoms with Crippen LogP contribution in [-0.2, 0) is 12.8 Å². The van der Waals surface area contributed by atoms with Crippen LogP contribution in [0.25, 0.3) is 10.8 Å². The molecule has 0 fully saturated rings. The molecule has 12 heavy (non-hydrogen) atoms. The van der Waals surface area contributed by atoms with Gasteiger partial charge in [0.2, 0.25) is 0 Å². The zero-order valence-electron chi connectivity index (χ0n) is 6.75. The molecule has 58 valence electrons. The van der Waals surface area contributed by atoms with Crippen LogP contribution < -0.4 is 0 Å². The van der Waals surface area contributed by atoms with E-state index in [1.54, 1.807) is 0 Å². The number of aryl methyl sites for hydroxylation is 2. The quantitative estimate of drug-likeness (QED) is 0.569. The molecule has 2 aromatic rings. The van der Waals surface area contributed by atoms with Gasteiger partial charge in [-0.25, -0.2) is 0 Å². The Hall–Kier alpha value is -1.37. The summed E-state index contributed by atoms with van der Waals surface area (Å²) in [5, 5.41) is 2.67. The van der Waals surface area contributed by atoms with Crippen LogP contribution in [0.15, 0.2) is 30.3 Å². The molecule has 2 heterocycles. The molecule has 0 saturated heterocycles. The normalized spacial score (nSPS) is 14.0. The smallest absolute Gasteiger partial charge is 0.0489 e. The third-order valence-electron chi connectivity index (χ3n) is 2.49. The summed E-state index contributed by atoms with van der Waals surface area (Å²) in [6, 6.07) is 10.7. The first-order valence-corrected chi connectivity index (χ1v) is 4.31. The number of rotatable bonds is 0. The van der Waals surface area contributed by atoms with Crippen molar-refractivity contribution in [3.05, 3.63) is 41.7 Å². The van der Waals surface area contributed by atoms with Gasteiger partial charge in [-0.15, -0.1) is 0 Å². The minimum absolute atomic E-state index is 1.13. The van der Waals surface area contributed by atoms with Crippen molar-refractivity contribution in [1.82, 2.24) is 4.98 Å². The Morgan fingerprint density at radius 3 is 3.00 bits per heavy atom. The first-order chi connectivity index (χ1) is 5.93. The van der Waals surface area contributed by atoms with Gasteiger partial charge in [-0.3, -0.25) is 4.98 Å². The van der Waals surface area contributed by atoms with Crippen LogP contribution in [-0.4, -0.2) is 4.98 Å². The monoisotopic (exact) mass is 155 g/mol. The number of pyridine rings is 1. The van der Waals surface area contributed by atoms with Crippen LogP contribution >= 0.6 is 0 Å². The highest BCUT2D eigenvalue weighted by Gasteiger charge is 2.11. The minimum Gasteiger partial charge on any atom is -0.257 e. The Balaban J connectivity index is 2.52. The summed E-state index contributed by atoms with van der Waals surface area (Å²) in [7, 11) is 0. The molecule has 1 heteroatoms. The third-order valence-corrected chi connectivity index (χ3v) is 2.49. The average Bonchev–Trinajstić information content (AvgIpc) is 2.49. The van der Waals surface area contributed by atoms with E-state index in [1.165, 1.54) is 22.2 Å². The van der Waals surface area contributed by atoms with Gasteiger partial charge < -0.3 is 0 Å². The number of fused-ring (bicyclic) bond motifs is 4. The zero-order valence-corrected chi connectivity index (χ0v) is 6.75. The van der Waals surface area contributed by atoms with E-state index in [9.17, 15) is 0 Å². The van der Waals surface area contributed by atoms with E-state index < -0.39 is 0 Å². The van der Waals surface area contributed by atoms with E-state index in [2.05, 4.69) is 35.3 Å². The molecule has 0 amide bonds. The Kier molecular flexibility index (Phi) is 1.06. The summed E-state index contributed by atoms with van der Waals surface area (Å²) in [6.07, 6.45) is 2.26. The van der Waals surface area contributed by atoms with Gasteiger partial charge in [0.25, 0.3) is 0 Å². The molecule has 0 N–H and O–H groups in total. The van der Waals surface area contributed by atoms with Crippen molar-refractivity contribution in [2.75, 3.05) is 0 Å². The SMILES string of the molecule is c1ccc2c3nc(cc2c1)CC3. The topological polar surface area (TPSA) is 12.9 Å². The summed E-state index contributed by atoms with van der Waals surface area (Å²) >= 11 is 0. The van der Waals surface area contributed by atoms with Crippen molar-refractivity contribution in [2.24, 2.45) is 0 Å². The Morgan fingerprint density at radius 2 is 2.00 bits per heavy atom. The first-order valence-electron chi connectivity index (χ1n) is 4.31. The number of aromatic nitrogens is 1. The zero-order chi connectivity index (χ0) is 7.97. The summed E-state index contributed by atoms with van der Waals surface area (Å²) in [5.74, 6) is 0. The van der Waals surface area contributed by atoms with E-state index in [4.69, 9.17) is 0 Å². The Bertz CT molecular complexity index is 446. The number of nitrogens with zero attached hydrogens (tertiary/aromatic N) is 1. The molecule has 0 aliphatic carbocycles. The molecule has 2 bridgehead atoms. The highest BCUT2D eigenvalue weighted by Crippen LogP contribution is 2.24. The van der Waals surface area contributed by atoms with Gasteiger partial charge in [0.1, 0.15) is 0 Å². The maximum absolute atomic E-state index is 4.51. The molecule has 1 aromatic heterocycles. The van der Waals surface area contributed by atoms with Gasteiger partial charge in [0.05, 0.1) is 0 Å². The molecule has 3 rings (SSSR count). The number of benzene rings is 1. The molecule has 0 radical (unpaired) electrons. The highest BCUT2D eigenvalue weighted by molar-refractivity contribution is 5.85. The summed E-state index contributed by atoms with van der Waals surface area (Å²) in [6.45, 7) is 0. The van der Waals surface area contributed by atoms with Gasteiger partial charge in [-0.2, -0.15) is 0 Å². The second kappa shape index (κ2) is 2.07. The molecule has 0 saturated carbocycles. The van der Waals surface area contributed by atoms with Gasteiger partial charge in [0, 0.05) is 16.8 Å². The van der Waals surface area contributed by atoms with Crippen molar-refractivity contribution < 1.29 is 0 Å². The summed E-state index contributed by atoms with van der Waals surface area (Å²) in [4.78, 5) is 4.51. The predicted octanol–water partition coefficient (Wildman–Crippen LogP) is 2.33. The second-order valence-electron chi connectivity index (χ2n) is 3.28. The molecule has 1 aliphatic heterocycles. The van der Waals surface area contributed by atoms with Crippen LogP contribution in [0.5, 0.6) is 0 Å². The average molecular weight is 155 g/mol. The van der Waals surface area contributed by atoms with Crippen molar-refractivity contribution in [3.8, 4) is 0 Å². The van der Waals surface area contributed by atoms with Crippen molar-refractivity contribution >= 4 is 10.8 Å². The van der Waals surface area contributed by atoms with Crippen molar-refractivity contribution in [3.63, 3.8) is 0 Å². The molecule has 1 aliphatic rings. The van der Waals surface area contributed by atoms with E-state index in [0.717, 1.165) is 12.8 Å². The van der Waals surface area contributed by atoms with Crippen LogP contribution in [0, 0.1) is 0 Å². The van der Waals surface area contributed by atoms with Crippen LogP contribution in [0.1, 0.15) is 11.4 Å². The summed E-state index contributed by atoms with van der Waals surface area (Å²) < 4.78 is 0. The van der Waals surface area contributed by atoms with Gasteiger partial charge >= 0.3 is 0 Å². The maximum Gasteiger partial charge on any atom is 0.0489 e. The van der Waals surface area contributed by atoms with Crippen LogP contribution in [0.4, 0.5) is 0 Å². The van der Waals surface area contributed by atoms with Crippen molar-refractivity contribution in [1.29, 1.82) is 0 Å². The largest absolute Gasteiger partial charge is 0.257 e. The van der Waals surface area contributed by atoms with Crippen LogP contribution in [0.2, 0.25) is 0 Å². The second-order valence-corrected chi connectivity index (χ2v) is 3.28. The molecule has 0 atom stereocenters. The Labute approximate surface area is 71.1 Å². The molecule has 1 nitrogen and oxygen atoms in total. The molecule has 0 spiro atoms. The fourth-order valence-corrected chi connectivity index (χ4v) is 1.90. The number of hydrogen-bond donors (Lipinski definition) is 0. The number of hydrogen-bond acceptors (Lipinski definition) is 1. The lowest BCUT2D eigenvalue weighted by molar-refractivity contribution is 1.04. The van der Waals surface area contributed by atoms with E-state index >= 15 is 0 Å². The molecule has 0 unspecified atom stereocenters. The molecular formula is C11H9N. The van der Waals surface area contributed by atoms with E-state index in [-0.39, 0.29) is 0 Å². The highest BCUT2D eigenvalue weighted by atomic mass is 14.7. The van der Waals surface area contributed by atoms with Crippen LogP contribution in [0.3, 0.4) is 0 Å². The van der Waals surface area contributed by atoms with Crippen molar-refractivity contribution in [2.45, 2.75) is 12.8 Å². The van der Waals surface area contributed by atoms with Gasteiger partial charge in [0.15, 0.2) is 0 Å². The summed E-state index contributed by atoms with van der Waals surface area (Å²) in [5.41, 5.74) is 2.53. The predicted molar refractivity (Wildman–Crippen MR) is 49.2 cm³/mol. The Morgan fingerprint density at radius 1 is 1.08 bits per heavy atom. The maximum atomic E-state index is 4.51. The first kappa shape index (κ1) is 6.18. The molecule has 1 aromatic carbocycles. The van der Waals surface area contributed by atoms with Gasteiger partial charge in [-0.1, -0.05) is 24.3 Å².